The first-order valence-electron chi connectivity index (χ1n) is 28.5. The molecule has 0 aromatic heterocycles. The van der Waals surface area contributed by atoms with Crippen molar-refractivity contribution in [2.24, 2.45) is 4.99 Å². The number of aliphatic imine (C=N–C) groups is 1. The van der Waals surface area contributed by atoms with Crippen molar-refractivity contribution in [1.29, 1.82) is 0 Å². The van der Waals surface area contributed by atoms with E-state index in [0.717, 1.165) is 0 Å². The number of hydrogen-bond donors (Lipinski definition) is 12. The Morgan fingerprint density at radius 1 is 0.506 bits per heavy atom. The first-order chi connectivity index (χ1) is 40.1. The number of fused-ring (bicyclic) bond motifs is 16. The maximum absolute atomic E-state index is 14.2. The van der Waals surface area contributed by atoms with E-state index in [1.54, 1.807) is 31.2 Å². The minimum Gasteiger partial charge on any atom is -0.507 e. The number of nitrogens with zero attached hydrogens (tertiary/aromatic N) is 5. The molecule has 4 aliphatic heterocycles. The second-order valence-electron chi connectivity index (χ2n) is 20.7. The summed E-state index contributed by atoms with van der Waals surface area (Å²) in [5, 5.41) is 70.6. The zero-order valence-electron chi connectivity index (χ0n) is 47.5. The molecule has 0 radical (unpaired) electrons. The topological polar surface area (TPSA) is 322 Å². The summed E-state index contributed by atoms with van der Waals surface area (Å²) in [4.78, 5) is 110. The Hall–Kier alpha value is -8.00. The van der Waals surface area contributed by atoms with Crippen molar-refractivity contribution in [1.82, 2.24) is 62.1 Å². The van der Waals surface area contributed by atoms with E-state index in [4.69, 9.17) is 4.99 Å². The van der Waals surface area contributed by atoms with Crippen LogP contribution in [0.4, 0.5) is 0 Å². The lowest BCUT2D eigenvalue weighted by molar-refractivity contribution is -0.110. The molecule has 0 saturated heterocycles. The standard InChI is InChI=1S/C59H79N13O11/c1-4-10-39-35-71-29-23-65-57(81)45-16-8-15-44(52(45)76)56(80)63-22-28-70(27-21-62-55(79)43-14-7-12-41(51(43)75)48(37-73)67-39)32-31-69-25-19-61-38(3)40-11-6-13-42(50(40)74)54(78)66-24-30-72(34-33-71)36-49(60-5-2)68-59(83)47-18-9-17-46(53(47)77)58(82)64-20-26-69/h6-9,11-18,37,39,48-49,60,67,74-77H,4-5,10,19-36H2,1-3H3,(H,62,79)(H,63,80)(H,64,82)(H,65,81)(H,66,78)(H,68,83). The van der Waals surface area contributed by atoms with Crippen molar-refractivity contribution in [3.05, 3.63) is 117 Å². The van der Waals surface area contributed by atoms with Gasteiger partial charge in [0.25, 0.3) is 35.4 Å². The summed E-state index contributed by atoms with van der Waals surface area (Å²) in [7, 11) is 0. The third kappa shape index (κ3) is 17.0. The van der Waals surface area contributed by atoms with Crippen molar-refractivity contribution in [2.45, 2.75) is 51.9 Å². The number of phenolic OH excluding ortho intramolecular Hbond substituents is 4. The predicted molar refractivity (Wildman–Crippen MR) is 312 cm³/mol. The number of aromatic hydroxyl groups is 4. The summed E-state index contributed by atoms with van der Waals surface area (Å²) in [5.74, 6) is -5.24. The molecule has 12 N–H and O–H groups in total. The molecule has 24 nitrogen and oxygen atoms in total. The van der Waals surface area contributed by atoms with Crippen molar-refractivity contribution in [3.8, 4) is 23.0 Å². The lowest BCUT2D eigenvalue weighted by Crippen LogP contribution is -2.54. The maximum atomic E-state index is 14.2. The molecule has 7 atom stereocenters. The number of amides is 6. The van der Waals surface area contributed by atoms with Gasteiger partial charge in [-0.1, -0.05) is 50.6 Å². The molecule has 24 heteroatoms. The third-order valence-corrected chi connectivity index (χ3v) is 15.0. The first kappa shape index (κ1) is 62.6. The van der Waals surface area contributed by atoms with Gasteiger partial charge in [0.05, 0.1) is 52.1 Å². The van der Waals surface area contributed by atoms with Gasteiger partial charge >= 0.3 is 0 Å². The van der Waals surface area contributed by atoms with Gasteiger partial charge in [0.15, 0.2) is 0 Å². The predicted octanol–water partition coefficient (Wildman–Crippen LogP) is 0.980. The van der Waals surface area contributed by atoms with Crippen LogP contribution < -0.4 is 42.5 Å². The molecule has 12 bridgehead atoms. The SMILES string of the molecule is CCCC1CN2CCNC(=O)c3cccc(c3O)C(=O)NCCN(CCNC(=O)c3cccc(c3O)C(C=O)N1)CCN1CCN=C(C)c3cccc(c3O)C(=O)NCCN(CC2)CC(NCC)NC(=O)c2cccc(c2O)C(=O)NCC1. The number of benzene rings is 4. The van der Waals surface area contributed by atoms with E-state index in [1.807, 2.05) is 28.5 Å². The highest BCUT2D eigenvalue weighted by molar-refractivity contribution is 6.07. The second kappa shape index (κ2) is 30.9. The Morgan fingerprint density at radius 3 is 1.35 bits per heavy atom. The molecular formula is C59H79N13O11. The number of aldehydes is 1. The van der Waals surface area contributed by atoms with E-state index in [-0.39, 0.29) is 142 Å². The Morgan fingerprint density at radius 2 is 0.892 bits per heavy atom. The molecule has 4 aromatic rings. The number of carbonyl (C=O) groups is 7. The van der Waals surface area contributed by atoms with Gasteiger partial charge in [0.2, 0.25) is 0 Å². The minimum absolute atomic E-state index is 0.0392. The Balaban J connectivity index is 1.36. The fourth-order valence-corrected chi connectivity index (χ4v) is 10.5. The highest BCUT2D eigenvalue weighted by atomic mass is 16.3. The van der Waals surface area contributed by atoms with Crippen LogP contribution in [-0.4, -0.2) is 224 Å². The van der Waals surface area contributed by atoms with Gasteiger partial charge in [-0.15, -0.1) is 0 Å². The summed E-state index contributed by atoms with van der Waals surface area (Å²) in [6, 6.07) is 16.8. The van der Waals surface area contributed by atoms with Crippen molar-refractivity contribution < 1.29 is 54.0 Å². The zero-order chi connectivity index (χ0) is 59.4. The molecule has 4 heterocycles. The second-order valence-corrected chi connectivity index (χ2v) is 20.7. The zero-order valence-corrected chi connectivity index (χ0v) is 47.5. The molecule has 4 aromatic carbocycles. The molecule has 83 heavy (non-hydrogen) atoms. The number of nitrogens with one attached hydrogen (secondary N) is 8. The van der Waals surface area contributed by atoms with E-state index < -0.39 is 65.2 Å². The summed E-state index contributed by atoms with van der Waals surface area (Å²) in [6.45, 7) is 9.68. The maximum Gasteiger partial charge on any atom is 0.256 e. The molecule has 8 rings (SSSR count). The molecule has 7 unspecified atom stereocenters. The minimum atomic E-state index is -1.05. The fraction of sp³-hybridized carbons (Fsp3) is 0.458. The van der Waals surface area contributed by atoms with E-state index >= 15 is 0 Å². The largest absolute Gasteiger partial charge is 0.507 e. The Kier molecular flexibility index (Phi) is 23.3. The number of hydrogen-bond acceptors (Lipinski definition) is 18. The number of phenols is 4. The normalized spacial score (nSPS) is 23.8. The number of likely N-dealkylation sites (N-methyl/N-ethyl adjacent to an activating group) is 1. The van der Waals surface area contributed by atoms with Gasteiger partial charge in [-0.25, -0.2) is 0 Å². The average Bonchev–Trinajstić information content (AvgIpc) is 3.47. The molecule has 0 fully saturated rings. The smallest absolute Gasteiger partial charge is 0.256 e. The molecule has 4 aliphatic rings. The quantitative estimate of drug-likeness (QED) is 0.124. The summed E-state index contributed by atoms with van der Waals surface area (Å²) >= 11 is 0. The van der Waals surface area contributed by atoms with Gasteiger partial charge in [0, 0.05) is 134 Å². The van der Waals surface area contributed by atoms with E-state index in [1.165, 1.54) is 48.5 Å². The number of para-hydroxylation sites is 4. The Labute approximate surface area is 483 Å². The Bertz CT molecular complexity index is 2980. The van der Waals surface area contributed by atoms with Crippen LogP contribution in [0.25, 0.3) is 0 Å². The average molecular weight is 1150 g/mol. The highest BCUT2D eigenvalue weighted by Crippen LogP contribution is 2.29. The molecule has 0 spiro atoms. The van der Waals surface area contributed by atoms with Crippen LogP contribution in [0.3, 0.4) is 0 Å². The van der Waals surface area contributed by atoms with Crippen LogP contribution in [0, 0.1) is 0 Å². The molecule has 6 amide bonds. The first-order valence-corrected chi connectivity index (χ1v) is 28.5. The van der Waals surface area contributed by atoms with Crippen LogP contribution in [-0.2, 0) is 4.79 Å². The number of carbonyl (C=O) groups excluding carboxylic acids is 7. The van der Waals surface area contributed by atoms with Crippen LogP contribution in [0.5, 0.6) is 23.0 Å². The lowest BCUT2D eigenvalue weighted by atomic mass is 10.0. The molecule has 0 saturated carbocycles. The van der Waals surface area contributed by atoms with Crippen molar-refractivity contribution >= 4 is 47.4 Å². The van der Waals surface area contributed by atoms with Gasteiger partial charge in [-0.05, 0) is 62.4 Å². The molecular weight excluding hydrogens is 1070 g/mol. The van der Waals surface area contributed by atoms with Crippen molar-refractivity contribution in [2.75, 3.05) is 124 Å². The summed E-state index contributed by atoms with van der Waals surface area (Å²) < 4.78 is 0. The highest BCUT2D eigenvalue weighted by Gasteiger charge is 2.28. The lowest BCUT2D eigenvalue weighted by Gasteiger charge is -2.33. The van der Waals surface area contributed by atoms with Crippen LogP contribution in [0.2, 0.25) is 0 Å². The monoisotopic (exact) mass is 1150 g/mol. The van der Waals surface area contributed by atoms with Crippen LogP contribution in [0.15, 0.2) is 77.8 Å². The summed E-state index contributed by atoms with van der Waals surface area (Å²) in [6.07, 6.45) is 1.14. The molecule has 446 valence electrons. The van der Waals surface area contributed by atoms with Crippen molar-refractivity contribution in [3.63, 3.8) is 0 Å². The van der Waals surface area contributed by atoms with E-state index in [2.05, 4.69) is 47.4 Å². The van der Waals surface area contributed by atoms with Gasteiger partial charge in [-0.3, -0.25) is 64.0 Å². The van der Waals surface area contributed by atoms with Gasteiger partial charge in [-0.2, -0.15) is 0 Å². The number of rotatable bonds is 5. The molecule has 0 aliphatic carbocycles. The fourth-order valence-electron chi connectivity index (χ4n) is 10.5. The van der Waals surface area contributed by atoms with Gasteiger partial charge < -0.3 is 57.1 Å². The summed E-state index contributed by atoms with van der Waals surface area (Å²) in [5.41, 5.74) is 0.564. The van der Waals surface area contributed by atoms with Crippen LogP contribution in [0.1, 0.15) is 113 Å². The third-order valence-electron chi connectivity index (χ3n) is 15.0. The van der Waals surface area contributed by atoms with E-state index in [0.29, 0.717) is 63.1 Å². The van der Waals surface area contributed by atoms with E-state index in [9.17, 15) is 54.0 Å². The van der Waals surface area contributed by atoms with Crippen LogP contribution >= 0.6 is 0 Å². The van der Waals surface area contributed by atoms with Gasteiger partial charge in [0.1, 0.15) is 29.3 Å².